The molecular formula is C29H38N4O2. The number of carbonyl (C=O) groups excluding carboxylic acids is 1. The van der Waals surface area contributed by atoms with Crippen molar-refractivity contribution >= 4 is 11.7 Å². The van der Waals surface area contributed by atoms with Gasteiger partial charge in [0.2, 0.25) is 5.91 Å². The Morgan fingerprint density at radius 3 is 2.43 bits per heavy atom. The fraction of sp³-hybridized carbons (Fsp3) is 0.586. The molecule has 0 radical (unpaired) electrons. The molecule has 6 heteroatoms. The molecule has 6 nitrogen and oxygen atoms in total. The number of aromatic nitrogens is 1. The number of anilines is 1. The first-order chi connectivity index (χ1) is 17.1. The van der Waals surface area contributed by atoms with E-state index in [9.17, 15) is 4.79 Å². The van der Waals surface area contributed by atoms with Crippen molar-refractivity contribution in [1.82, 2.24) is 9.88 Å². The maximum absolute atomic E-state index is 11.3. The van der Waals surface area contributed by atoms with Crippen LogP contribution >= 0.6 is 0 Å². The summed E-state index contributed by atoms with van der Waals surface area (Å²) in [7, 11) is 0. The number of nitrogens with zero attached hydrogens (tertiary/aromatic N) is 3. The summed E-state index contributed by atoms with van der Waals surface area (Å²) in [6.07, 6.45) is 14.4. The number of benzene rings is 1. The summed E-state index contributed by atoms with van der Waals surface area (Å²) in [6, 6.07) is 11.5. The number of aryl methyl sites for hydroxylation is 1. The fourth-order valence-electron chi connectivity index (χ4n) is 6.63. The Balaban J connectivity index is 1.03. The van der Waals surface area contributed by atoms with Crippen LogP contribution in [0.1, 0.15) is 72.9 Å². The van der Waals surface area contributed by atoms with E-state index in [1.807, 2.05) is 6.07 Å². The van der Waals surface area contributed by atoms with E-state index in [1.54, 1.807) is 12.3 Å². The average molecular weight is 475 g/mol. The maximum atomic E-state index is 11.3. The second-order valence-electron chi connectivity index (χ2n) is 11.3. The molecule has 6 rings (SSSR count). The molecule has 0 unspecified atom stereocenters. The molecule has 2 aromatic rings. The Bertz CT molecular complexity index is 1050. The smallest absolute Gasteiger partial charge is 0.250 e. The molecule has 2 saturated heterocycles. The highest BCUT2D eigenvalue weighted by atomic mass is 16.5. The van der Waals surface area contributed by atoms with Gasteiger partial charge in [-0.15, -0.1) is 0 Å². The van der Waals surface area contributed by atoms with Gasteiger partial charge in [0.15, 0.2) is 0 Å². The molecule has 35 heavy (non-hydrogen) atoms. The first-order valence-corrected chi connectivity index (χ1v) is 13.6. The second-order valence-corrected chi connectivity index (χ2v) is 11.3. The second kappa shape index (κ2) is 9.45. The van der Waals surface area contributed by atoms with Gasteiger partial charge in [0.1, 0.15) is 17.7 Å². The standard InChI is InChI=1S/C29H38N4O2/c30-28(34)23-5-7-27(31-20-23)33-16-12-29(13-17-33)11-8-21-18-26(6-4-22(21)19-29)35-25-9-14-32(15-10-25)24-2-1-3-24/h4-7,18,20,24-25H,1-3,8-17,19H2,(H2,30,34). The lowest BCUT2D eigenvalue weighted by molar-refractivity contribution is 0.0492. The van der Waals surface area contributed by atoms with E-state index in [0.717, 1.165) is 50.0 Å². The first-order valence-electron chi connectivity index (χ1n) is 13.6. The molecule has 1 aromatic heterocycles. The fourth-order valence-corrected chi connectivity index (χ4v) is 6.63. The van der Waals surface area contributed by atoms with Crippen molar-refractivity contribution in [2.24, 2.45) is 11.1 Å². The minimum absolute atomic E-state index is 0.370. The maximum Gasteiger partial charge on any atom is 0.250 e. The van der Waals surface area contributed by atoms with Crippen LogP contribution < -0.4 is 15.4 Å². The van der Waals surface area contributed by atoms with Gasteiger partial charge in [-0.1, -0.05) is 12.5 Å². The van der Waals surface area contributed by atoms with E-state index in [4.69, 9.17) is 10.5 Å². The van der Waals surface area contributed by atoms with E-state index >= 15 is 0 Å². The van der Waals surface area contributed by atoms with Gasteiger partial charge in [0, 0.05) is 38.4 Å². The zero-order chi connectivity index (χ0) is 23.8. The van der Waals surface area contributed by atoms with Gasteiger partial charge in [-0.2, -0.15) is 0 Å². The SMILES string of the molecule is NC(=O)c1ccc(N2CCC3(CCc4cc(OC5CCN(C6CCC6)CC5)ccc4C3)CC2)nc1. The molecule has 186 valence electrons. The number of nitrogens with two attached hydrogens (primary N) is 1. The molecule has 2 aliphatic carbocycles. The van der Waals surface area contributed by atoms with Gasteiger partial charge >= 0.3 is 0 Å². The number of hydrogen-bond donors (Lipinski definition) is 1. The Labute approximate surface area is 208 Å². The lowest BCUT2D eigenvalue weighted by Crippen LogP contribution is -2.46. The summed E-state index contributed by atoms with van der Waals surface area (Å²) in [5, 5.41) is 0. The van der Waals surface area contributed by atoms with Crippen LogP contribution in [0.25, 0.3) is 0 Å². The lowest BCUT2D eigenvalue weighted by atomic mass is 9.66. The molecule has 3 fully saturated rings. The van der Waals surface area contributed by atoms with Crippen LogP contribution in [0, 0.1) is 5.41 Å². The Hall–Kier alpha value is -2.60. The molecule has 1 amide bonds. The highest BCUT2D eigenvalue weighted by molar-refractivity contribution is 5.92. The third kappa shape index (κ3) is 4.77. The Morgan fingerprint density at radius 2 is 1.77 bits per heavy atom. The normalized spacial score (nSPS) is 23.0. The third-order valence-corrected chi connectivity index (χ3v) is 9.22. The summed E-state index contributed by atoms with van der Waals surface area (Å²) in [5.41, 5.74) is 9.22. The predicted octanol–water partition coefficient (Wildman–Crippen LogP) is 4.35. The number of fused-ring (bicyclic) bond motifs is 1. The van der Waals surface area contributed by atoms with Crippen molar-refractivity contribution in [3.05, 3.63) is 53.2 Å². The Morgan fingerprint density at radius 1 is 0.971 bits per heavy atom. The van der Waals surface area contributed by atoms with E-state index in [0.29, 0.717) is 17.1 Å². The van der Waals surface area contributed by atoms with Gasteiger partial charge in [0.25, 0.3) is 0 Å². The van der Waals surface area contributed by atoms with Crippen molar-refractivity contribution in [3.63, 3.8) is 0 Å². The third-order valence-electron chi connectivity index (χ3n) is 9.22. The van der Waals surface area contributed by atoms with E-state index in [2.05, 4.69) is 33.0 Å². The van der Waals surface area contributed by atoms with Crippen molar-refractivity contribution < 1.29 is 9.53 Å². The Kier molecular flexibility index (Phi) is 6.17. The number of ether oxygens (including phenoxy) is 1. The van der Waals surface area contributed by atoms with Crippen molar-refractivity contribution in [3.8, 4) is 5.75 Å². The van der Waals surface area contributed by atoms with E-state index in [-0.39, 0.29) is 0 Å². The summed E-state index contributed by atoms with van der Waals surface area (Å²) in [5.74, 6) is 1.59. The molecule has 2 N–H and O–H groups in total. The van der Waals surface area contributed by atoms with Crippen LogP contribution in [0.4, 0.5) is 5.82 Å². The highest BCUT2D eigenvalue weighted by Crippen LogP contribution is 2.44. The molecule has 1 spiro atoms. The van der Waals surface area contributed by atoms with Crippen LogP contribution in [0.5, 0.6) is 5.75 Å². The van der Waals surface area contributed by atoms with Gasteiger partial charge < -0.3 is 20.3 Å². The van der Waals surface area contributed by atoms with Crippen molar-refractivity contribution in [2.45, 2.75) is 76.4 Å². The van der Waals surface area contributed by atoms with Crippen molar-refractivity contribution in [1.29, 1.82) is 0 Å². The molecule has 1 saturated carbocycles. The summed E-state index contributed by atoms with van der Waals surface area (Å²) >= 11 is 0. The minimum Gasteiger partial charge on any atom is -0.490 e. The summed E-state index contributed by atoms with van der Waals surface area (Å²) in [4.78, 5) is 20.8. The largest absolute Gasteiger partial charge is 0.490 e. The topological polar surface area (TPSA) is 71.7 Å². The number of carbonyl (C=O) groups is 1. The summed E-state index contributed by atoms with van der Waals surface area (Å²) < 4.78 is 6.46. The molecule has 1 aromatic carbocycles. The van der Waals surface area contributed by atoms with Gasteiger partial charge in [-0.25, -0.2) is 4.98 Å². The van der Waals surface area contributed by atoms with Crippen LogP contribution in [0.15, 0.2) is 36.5 Å². The van der Waals surface area contributed by atoms with Crippen LogP contribution in [0.3, 0.4) is 0 Å². The van der Waals surface area contributed by atoms with Gasteiger partial charge in [0.05, 0.1) is 5.56 Å². The number of rotatable bonds is 5. The van der Waals surface area contributed by atoms with Crippen LogP contribution in [0.2, 0.25) is 0 Å². The quantitative estimate of drug-likeness (QED) is 0.698. The zero-order valence-corrected chi connectivity index (χ0v) is 20.8. The molecular weight excluding hydrogens is 436 g/mol. The average Bonchev–Trinajstić information content (AvgIpc) is 2.85. The summed E-state index contributed by atoms with van der Waals surface area (Å²) in [6.45, 7) is 4.42. The van der Waals surface area contributed by atoms with Gasteiger partial charge in [-0.3, -0.25) is 4.79 Å². The van der Waals surface area contributed by atoms with Crippen LogP contribution in [-0.4, -0.2) is 54.1 Å². The number of pyridine rings is 1. The molecule has 0 atom stereocenters. The van der Waals surface area contributed by atoms with E-state index < -0.39 is 5.91 Å². The number of hydrogen-bond acceptors (Lipinski definition) is 5. The van der Waals surface area contributed by atoms with Crippen molar-refractivity contribution in [2.75, 3.05) is 31.1 Å². The van der Waals surface area contributed by atoms with E-state index in [1.165, 1.54) is 69.2 Å². The highest BCUT2D eigenvalue weighted by Gasteiger charge is 2.38. The molecule has 4 aliphatic rings. The molecule has 2 aliphatic heterocycles. The molecule has 0 bridgehead atoms. The lowest BCUT2D eigenvalue weighted by Gasteiger charge is -2.45. The van der Waals surface area contributed by atoms with Crippen LogP contribution in [-0.2, 0) is 12.8 Å². The molecule has 3 heterocycles. The number of primary amides is 1. The number of amides is 1. The first kappa shape index (κ1) is 22.8. The minimum atomic E-state index is -0.426. The number of piperidine rings is 2. The number of likely N-dealkylation sites (tertiary alicyclic amines) is 1. The van der Waals surface area contributed by atoms with Gasteiger partial charge in [-0.05, 0) is 98.6 Å². The zero-order valence-electron chi connectivity index (χ0n) is 20.8. The predicted molar refractivity (Wildman–Crippen MR) is 138 cm³/mol. The monoisotopic (exact) mass is 474 g/mol.